The summed E-state index contributed by atoms with van der Waals surface area (Å²) >= 11 is 0. The number of fused-ring (bicyclic) bond motifs is 2. The van der Waals surface area contributed by atoms with Crippen molar-refractivity contribution < 1.29 is 19.7 Å². The molecular weight excluding hydrogens is 761 g/mol. The maximum Gasteiger partial charge on any atom is 0.131 e. The number of phenolic OH excluding ortho intramolecular Hbond substituents is 2. The number of hydrogen-bond acceptors (Lipinski definition) is 4. The van der Waals surface area contributed by atoms with Gasteiger partial charge in [0.1, 0.15) is 23.0 Å². The fraction of sp³-hybridized carbons (Fsp3) is 0.207. The Morgan fingerprint density at radius 2 is 1.02 bits per heavy atom. The van der Waals surface area contributed by atoms with Gasteiger partial charge in [-0.3, -0.25) is 0 Å². The van der Waals surface area contributed by atoms with Crippen molar-refractivity contribution in [3.05, 3.63) is 181 Å². The van der Waals surface area contributed by atoms with Gasteiger partial charge in [0.25, 0.3) is 0 Å². The van der Waals surface area contributed by atoms with E-state index in [1.54, 1.807) is 0 Å². The van der Waals surface area contributed by atoms with Crippen LogP contribution in [0, 0.1) is 19.8 Å². The number of rotatable bonds is 16. The maximum absolute atomic E-state index is 12.2. The molecule has 0 radical (unpaired) electrons. The molecule has 1 unspecified atom stereocenters. The summed E-state index contributed by atoms with van der Waals surface area (Å²) in [5.74, 6) is 1.84. The first kappa shape index (κ1) is 41.9. The van der Waals surface area contributed by atoms with Crippen LogP contribution in [-0.2, 0) is 12.8 Å². The molecule has 1 atom stereocenters. The molecule has 0 bridgehead atoms. The summed E-state index contributed by atoms with van der Waals surface area (Å²) in [7, 11) is 0. The number of aromatic hydroxyl groups is 2. The SMILES string of the molecule is C=CCC(COc1ccc(CC)cc1-c1cccc(-c2c(C)ccc3ccccc23)c1O)COc1ccc(CCCC)cc1-c1cccc(-c2c(C)ccc3ccccc23)c1O. The average molecular weight is 817 g/mol. The molecule has 0 aromatic heterocycles. The van der Waals surface area contributed by atoms with Crippen molar-refractivity contribution in [2.24, 2.45) is 5.92 Å². The maximum atomic E-state index is 12.2. The molecule has 0 aliphatic carbocycles. The van der Waals surface area contributed by atoms with E-state index in [1.165, 1.54) is 5.56 Å². The van der Waals surface area contributed by atoms with Crippen LogP contribution in [0.3, 0.4) is 0 Å². The number of phenols is 2. The van der Waals surface area contributed by atoms with Crippen LogP contribution < -0.4 is 9.47 Å². The minimum absolute atomic E-state index is 0.0321. The minimum Gasteiger partial charge on any atom is -0.507 e. The van der Waals surface area contributed by atoms with Gasteiger partial charge in [-0.2, -0.15) is 0 Å². The third-order valence-corrected chi connectivity index (χ3v) is 12.2. The van der Waals surface area contributed by atoms with Crippen molar-refractivity contribution in [3.8, 4) is 67.5 Å². The summed E-state index contributed by atoms with van der Waals surface area (Å²) in [5.41, 5.74) is 11.4. The molecule has 0 aliphatic rings. The van der Waals surface area contributed by atoms with Crippen molar-refractivity contribution in [2.75, 3.05) is 13.2 Å². The second-order valence-electron chi connectivity index (χ2n) is 16.5. The van der Waals surface area contributed by atoms with Crippen molar-refractivity contribution >= 4 is 21.5 Å². The van der Waals surface area contributed by atoms with E-state index in [9.17, 15) is 10.2 Å². The lowest BCUT2D eigenvalue weighted by Crippen LogP contribution is -2.20. The molecule has 8 aromatic carbocycles. The molecule has 0 saturated heterocycles. The monoisotopic (exact) mass is 816 g/mol. The molecule has 312 valence electrons. The third-order valence-electron chi connectivity index (χ3n) is 12.2. The van der Waals surface area contributed by atoms with Gasteiger partial charge >= 0.3 is 0 Å². The van der Waals surface area contributed by atoms with E-state index in [4.69, 9.17) is 9.47 Å². The summed E-state index contributed by atoms with van der Waals surface area (Å²) in [6.07, 6.45) is 6.55. The first-order valence-corrected chi connectivity index (χ1v) is 22.0. The zero-order chi connectivity index (χ0) is 43.2. The summed E-state index contributed by atoms with van der Waals surface area (Å²) in [5, 5.41) is 28.7. The van der Waals surface area contributed by atoms with E-state index in [1.807, 2.05) is 66.7 Å². The number of para-hydroxylation sites is 2. The Kier molecular flexibility index (Phi) is 12.8. The Morgan fingerprint density at radius 1 is 0.532 bits per heavy atom. The summed E-state index contributed by atoms with van der Waals surface area (Å²) in [4.78, 5) is 0. The van der Waals surface area contributed by atoms with Crippen LogP contribution in [0.25, 0.3) is 66.1 Å². The zero-order valence-electron chi connectivity index (χ0n) is 36.4. The third kappa shape index (κ3) is 8.56. The number of hydrogen-bond donors (Lipinski definition) is 2. The highest BCUT2D eigenvalue weighted by atomic mass is 16.5. The topological polar surface area (TPSA) is 58.9 Å². The van der Waals surface area contributed by atoms with E-state index in [0.29, 0.717) is 31.1 Å². The van der Waals surface area contributed by atoms with Gasteiger partial charge in [-0.25, -0.2) is 0 Å². The predicted molar refractivity (Wildman–Crippen MR) is 260 cm³/mol. The molecule has 0 spiro atoms. The van der Waals surface area contributed by atoms with Crippen LogP contribution in [0.4, 0.5) is 0 Å². The van der Waals surface area contributed by atoms with Gasteiger partial charge in [-0.1, -0.05) is 148 Å². The van der Waals surface area contributed by atoms with Gasteiger partial charge in [-0.05, 0) is 119 Å². The van der Waals surface area contributed by atoms with Gasteiger partial charge in [0.2, 0.25) is 0 Å². The molecule has 8 rings (SSSR count). The van der Waals surface area contributed by atoms with Crippen LogP contribution >= 0.6 is 0 Å². The first-order valence-electron chi connectivity index (χ1n) is 22.0. The van der Waals surface area contributed by atoms with E-state index in [2.05, 4.69) is 119 Å². The molecule has 4 heteroatoms. The summed E-state index contributed by atoms with van der Waals surface area (Å²) < 4.78 is 13.5. The van der Waals surface area contributed by atoms with E-state index in [-0.39, 0.29) is 17.4 Å². The molecule has 0 fully saturated rings. The second-order valence-corrected chi connectivity index (χ2v) is 16.5. The number of allylic oxidation sites excluding steroid dienone is 1. The highest BCUT2D eigenvalue weighted by molar-refractivity contribution is 6.02. The lowest BCUT2D eigenvalue weighted by atomic mass is 9.90. The number of ether oxygens (including phenoxy) is 2. The Labute approximate surface area is 366 Å². The fourth-order valence-corrected chi connectivity index (χ4v) is 8.82. The molecule has 62 heavy (non-hydrogen) atoms. The van der Waals surface area contributed by atoms with Crippen LogP contribution in [0.2, 0.25) is 0 Å². The Morgan fingerprint density at radius 3 is 1.52 bits per heavy atom. The summed E-state index contributed by atoms with van der Waals surface area (Å²) in [6, 6.07) is 49.8. The quantitative estimate of drug-likeness (QED) is 0.0954. The van der Waals surface area contributed by atoms with Crippen molar-refractivity contribution in [1.82, 2.24) is 0 Å². The van der Waals surface area contributed by atoms with Gasteiger partial charge in [0.15, 0.2) is 0 Å². The highest BCUT2D eigenvalue weighted by Gasteiger charge is 2.22. The second kappa shape index (κ2) is 18.9. The summed E-state index contributed by atoms with van der Waals surface area (Å²) in [6.45, 7) is 13.4. The zero-order valence-corrected chi connectivity index (χ0v) is 36.4. The molecule has 0 heterocycles. The molecule has 8 aromatic rings. The largest absolute Gasteiger partial charge is 0.507 e. The van der Waals surface area contributed by atoms with Crippen molar-refractivity contribution in [1.29, 1.82) is 0 Å². The normalized spacial score (nSPS) is 11.8. The first-order chi connectivity index (χ1) is 30.3. The van der Waals surface area contributed by atoms with Crippen LogP contribution in [-0.4, -0.2) is 23.4 Å². The number of aryl methyl sites for hydroxylation is 4. The fourth-order valence-electron chi connectivity index (χ4n) is 8.82. The lowest BCUT2D eigenvalue weighted by Gasteiger charge is -2.22. The van der Waals surface area contributed by atoms with Crippen LogP contribution in [0.1, 0.15) is 55.4 Å². The smallest absolute Gasteiger partial charge is 0.131 e. The Bertz CT molecular complexity index is 2890. The van der Waals surface area contributed by atoms with Gasteiger partial charge in [-0.15, -0.1) is 6.58 Å². The molecule has 0 aliphatic heterocycles. The van der Waals surface area contributed by atoms with Gasteiger partial charge in [0.05, 0.1) is 13.2 Å². The van der Waals surface area contributed by atoms with Gasteiger partial charge < -0.3 is 19.7 Å². The van der Waals surface area contributed by atoms with E-state index in [0.717, 1.165) is 108 Å². The lowest BCUT2D eigenvalue weighted by molar-refractivity contribution is 0.179. The number of unbranched alkanes of at least 4 members (excludes halogenated alkanes) is 1. The molecule has 0 saturated carbocycles. The highest BCUT2D eigenvalue weighted by Crippen LogP contribution is 2.47. The molecule has 0 amide bonds. The van der Waals surface area contributed by atoms with E-state index < -0.39 is 0 Å². The van der Waals surface area contributed by atoms with Crippen LogP contribution in [0.5, 0.6) is 23.0 Å². The molecule has 4 nitrogen and oxygen atoms in total. The van der Waals surface area contributed by atoms with Gasteiger partial charge in [0, 0.05) is 39.3 Å². The van der Waals surface area contributed by atoms with Crippen LogP contribution in [0.15, 0.2) is 158 Å². The Hall–Kier alpha value is -6.78. The minimum atomic E-state index is -0.0321. The van der Waals surface area contributed by atoms with E-state index >= 15 is 0 Å². The molecular formula is C58H56O4. The molecule has 2 N–H and O–H groups in total. The standard InChI is InChI=1S/C58H56O4/c1-6-9-17-41-29-33-54(52(35-41)48-23-15-25-50(58(48)60)56-39(5)27-31-44-19-11-13-21-46(44)56)62-37-42(16-7-2)36-61-53-32-28-40(8-3)34-51(53)47-22-14-24-49(57(47)59)55-38(4)26-30-43-18-10-12-20-45(43)55/h7,10-15,18-35,42,59-60H,2,6,8-9,16-17,36-37H2,1,3-5H3. The predicted octanol–water partition coefficient (Wildman–Crippen LogP) is 15.2. The Balaban J connectivity index is 1.10. The van der Waals surface area contributed by atoms with Crippen molar-refractivity contribution in [3.63, 3.8) is 0 Å². The van der Waals surface area contributed by atoms with Crippen molar-refractivity contribution in [2.45, 2.75) is 59.8 Å². The average Bonchev–Trinajstić information content (AvgIpc) is 3.30. The number of benzene rings is 8.